The van der Waals surface area contributed by atoms with Gasteiger partial charge in [-0.15, -0.1) is 0 Å². The highest BCUT2D eigenvalue weighted by molar-refractivity contribution is 5.70. The first-order valence-corrected chi connectivity index (χ1v) is 4.72. The van der Waals surface area contributed by atoms with Crippen LogP contribution in [-0.4, -0.2) is 19.1 Å². The fraction of sp³-hybridized carbons (Fsp3) is 0.444. The van der Waals surface area contributed by atoms with Crippen LogP contribution in [0.2, 0.25) is 0 Å². The Hall–Kier alpha value is -1.85. The summed E-state index contributed by atoms with van der Waals surface area (Å²) in [4.78, 5) is 29.4. The molecular formula is C9H12N4O2. The van der Waals surface area contributed by atoms with Gasteiger partial charge < -0.3 is 4.57 Å². The maximum atomic E-state index is 11.6. The van der Waals surface area contributed by atoms with E-state index in [1.54, 1.807) is 11.6 Å². The topological polar surface area (TPSA) is 72.7 Å². The van der Waals surface area contributed by atoms with Gasteiger partial charge in [0.2, 0.25) is 0 Å². The molecule has 15 heavy (non-hydrogen) atoms. The molecule has 0 spiro atoms. The minimum atomic E-state index is -0.437. The quantitative estimate of drug-likeness (QED) is 0.702. The molecule has 0 saturated heterocycles. The highest BCUT2D eigenvalue weighted by Gasteiger charge is 2.12. The monoisotopic (exact) mass is 208 g/mol. The van der Waals surface area contributed by atoms with Crippen LogP contribution in [0.1, 0.15) is 12.7 Å². The zero-order valence-electron chi connectivity index (χ0n) is 8.87. The van der Waals surface area contributed by atoms with Crippen molar-refractivity contribution in [2.75, 3.05) is 0 Å². The number of hydrogen-bond acceptors (Lipinski definition) is 3. The van der Waals surface area contributed by atoms with Gasteiger partial charge >= 0.3 is 5.69 Å². The maximum Gasteiger partial charge on any atom is 0.329 e. The molecule has 0 unspecified atom stereocenters. The average Bonchev–Trinajstić information content (AvgIpc) is 2.52. The molecular weight excluding hydrogens is 196 g/mol. The van der Waals surface area contributed by atoms with Gasteiger partial charge in [-0.1, -0.05) is 0 Å². The summed E-state index contributed by atoms with van der Waals surface area (Å²) in [5.41, 5.74) is 0.0732. The standard InChI is InChI=1S/C9H12N4O2/c1-4-13-5(2)10-7-6(13)8(14)11-9(15)12(7)3/h4H2,1-3H3,(H,11,14,15). The van der Waals surface area contributed by atoms with Crippen molar-refractivity contribution in [1.82, 2.24) is 19.1 Å². The molecule has 0 bridgehead atoms. The molecule has 0 aliphatic heterocycles. The van der Waals surface area contributed by atoms with Gasteiger partial charge in [0.15, 0.2) is 11.2 Å². The van der Waals surface area contributed by atoms with Crippen LogP contribution in [0.4, 0.5) is 0 Å². The SMILES string of the molecule is CCn1c(C)nc2c1c(=O)[nH]c(=O)n2C. The fourth-order valence-electron chi connectivity index (χ4n) is 1.73. The number of aromatic nitrogens is 4. The third kappa shape index (κ3) is 1.21. The number of rotatable bonds is 1. The Balaban J connectivity index is 3.10. The molecule has 0 fully saturated rings. The zero-order valence-corrected chi connectivity index (χ0v) is 8.87. The van der Waals surface area contributed by atoms with Crippen LogP contribution in [0.3, 0.4) is 0 Å². The lowest BCUT2D eigenvalue weighted by Gasteiger charge is -2.01. The summed E-state index contributed by atoms with van der Waals surface area (Å²) in [6, 6.07) is 0. The van der Waals surface area contributed by atoms with Gasteiger partial charge in [0.05, 0.1) is 0 Å². The Bertz CT molecular complexity index is 632. The predicted molar refractivity (Wildman–Crippen MR) is 56.0 cm³/mol. The summed E-state index contributed by atoms with van der Waals surface area (Å²) in [7, 11) is 1.59. The highest BCUT2D eigenvalue weighted by atomic mass is 16.2. The molecule has 80 valence electrons. The molecule has 1 N–H and O–H groups in total. The van der Waals surface area contributed by atoms with Gasteiger partial charge in [-0.3, -0.25) is 14.3 Å². The summed E-state index contributed by atoms with van der Waals surface area (Å²) in [6.45, 7) is 4.40. The average molecular weight is 208 g/mol. The lowest BCUT2D eigenvalue weighted by molar-refractivity contribution is 0.748. The lowest BCUT2D eigenvalue weighted by Crippen LogP contribution is -2.29. The number of imidazole rings is 1. The number of aryl methyl sites for hydroxylation is 3. The number of fused-ring (bicyclic) bond motifs is 1. The van der Waals surface area contributed by atoms with Crippen LogP contribution < -0.4 is 11.2 Å². The highest BCUT2D eigenvalue weighted by Crippen LogP contribution is 2.08. The second-order valence-electron chi connectivity index (χ2n) is 3.39. The van der Waals surface area contributed by atoms with E-state index in [2.05, 4.69) is 9.97 Å². The number of hydrogen-bond donors (Lipinski definition) is 1. The minimum absolute atomic E-state index is 0.379. The maximum absolute atomic E-state index is 11.6. The van der Waals surface area contributed by atoms with E-state index >= 15 is 0 Å². The smallest absolute Gasteiger partial charge is 0.323 e. The number of nitrogens with one attached hydrogen (secondary N) is 1. The second-order valence-corrected chi connectivity index (χ2v) is 3.39. The van der Waals surface area contributed by atoms with Gasteiger partial charge in [-0.25, -0.2) is 9.78 Å². The second kappa shape index (κ2) is 3.08. The number of H-pyrrole nitrogens is 1. The molecule has 2 heterocycles. The van der Waals surface area contributed by atoms with Crippen LogP contribution >= 0.6 is 0 Å². The first kappa shape index (κ1) is 9.70. The molecule has 0 amide bonds. The molecule has 0 radical (unpaired) electrons. The molecule has 0 atom stereocenters. The molecule has 2 aromatic rings. The van der Waals surface area contributed by atoms with Crippen molar-refractivity contribution < 1.29 is 0 Å². The van der Waals surface area contributed by atoms with E-state index in [1.807, 2.05) is 13.8 Å². The van der Waals surface area contributed by atoms with Gasteiger partial charge in [0, 0.05) is 13.6 Å². The van der Waals surface area contributed by atoms with E-state index in [4.69, 9.17) is 0 Å². The first-order valence-electron chi connectivity index (χ1n) is 4.72. The molecule has 2 rings (SSSR count). The lowest BCUT2D eigenvalue weighted by atomic mass is 10.5. The summed E-state index contributed by atoms with van der Waals surface area (Å²) >= 11 is 0. The largest absolute Gasteiger partial charge is 0.329 e. The van der Waals surface area contributed by atoms with Crippen molar-refractivity contribution in [3.8, 4) is 0 Å². The third-order valence-corrected chi connectivity index (χ3v) is 2.51. The third-order valence-electron chi connectivity index (χ3n) is 2.51. The Morgan fingerprint density at radius 3 is 2.67 bits per heavy atom. The zero-order chi connectivity index (χ0) is 11.2. The molecule has 6 heteroatoms. The number of aromatic amines is 1. The van der Waals surface area contributed by atoms with Crippen molar-refractivity contribution in [2.24, 2.45) is 7.05 Å². The molecule has 0 saturated carbocycles. The van der Waals surface area contributed by atoms with Crippen LogP contribution in [-0.2, 0) is 13.6 Å². The molecule has 0 aromatic carbocycles. The van der Waals surface area contributed by atoms with E-state index in [1.165, 1.54) is 4.57 Å². The van der Waals surface area contributed by atoms with Crippen molar-refractivity contribution in [2.45, 2.75) is 20.4 Å². The van der Waals surface area contributed by atoms with Crippen molar-refractivity contribution in [3.05, 3.63) is 26.7 Å². The van der Waals surface area contributed by atoms with E-state index in [0.29, 0.717) is 17.7 Å². The van der Waals surface area contributed by atoms with Gasteiger partial charge in [0.25, 0.3) is 5.56 Å². The Morgan fingerprint density at radius 1 is 1.40 bits per heavy atom. The Morgan fingerprint density at radius 2 is 2.07 bits per heavy atom. The van der Waals surface area contributed by atoms with E-state index < -0.39 is 5.69 Å². The van der Waals surface area contributed by atoms with Crippen LogP contribution in [0.15, 0.2) is 9.59 Å². The van der Waals surface area contributed by atoms with Gasteiger partial charge in [-0.05, 0) is 13.8 Å². The summed E-state index contributed by atoms with van der Waals surface area (Å²) in [5, 5.41) is 0. The molecule has 0 aliphatic rings. The van der Waals surface area contributed by atoms with Crippen LogP contribution in [0.25, 0.3) is 11.2 Å². The molecule has 0 aliphatic carbocycles. The van der Waals surface area contributed by atoms with Crippen LogP contribution in [0, 0.1) is 6.92 Å². The van der Waals surface area contributed by atoms with E-state index in [-0.39, 0.29) is 5.56 Å². The van der Waals surface area contributed by atoms with E-state index in [0.717, 1.165) is 5.82 Å². The number of nitrogens with zero attached hydrogens (tertiary/aromatic N) is 3. The van der Waals surface area contributed by atoms with Crippen molar-refractivity contribution in [3.63, 3.8) is 0 Å². The van der Waals surface area contributed by atoms with Crippen molar-refractivity contribution in [1.29, 1.82) is 0 Å². The van der Waals surface area contributed by atoms with Crippen molar-refractivity contribution >= 4 is 11.2 Å². The Labute approximate surface area is 85.2 Å². The summed E-state index contributed by atoms with van der Waals surface area (Å²) in [5.74, 6) is 0.735. The summed E-state index contributed by atoms with van der Waals surface area (Å²) < 4.78 is 3.13. The van der Waals surface area contributed by atoms with Crippen LogP contribution in [0.5, 0.6) is 0 Å². The van der Waals surface area contributed by atoms with E-state index in [9.17, 15) is 9.59 Å². The fourth-order valence-corrected chi connectivity index (χ4v) is 1.73. The Kier molecular flexibility index (Phi) is 1.99. The van der Waals surface area contributed by atoms with Gasteiger partial charge in [-0.2, -0.15) is 0 Å². The molecule has 6 nitrogen and oxygen atoms in total. The predicted octanol–water partition coefficient (Wildman–Crippen LogP) is -0.248. The minimum Gasteiger partial charge on any atom is -0.323 e. The van der Waals surface area contributed by atoms with Gasteiger partial charge in [0.1, 0.15) is 5.82 Å². The molecule has 2 aromatic heterocycles. The summed E-state index contributed by atoms with van der Waals surface area (Å²) in [6.07, 6.45) is 0. The first-order chi connectivity index (χ1) is 7.06. The normalized spacial score (nSPS) is 11.1.